The number of hydrogen-bond acceptors (Lipinski definition) is 4. The summed E-state index contributed by atoms with van der Waals surface area (Å²) in [6, 6.07) is 5.24. The van der Waals surface area contributed by atoms with Gasteiger partial charge in [-0.3, -0.25) is 0 Å². The molecule has 0 amide bonds. The van der Waals surface area contributed by atoms with Crippen LogP contribution in [0.25, 0.3) is 6.08 Å². The fourth-order valence-electron chi connectivity index (χ4n) is 1.34. The molecule has 1 aromatic carbocycles. The average Bonchev–Trinajstić information content (AvgIpc) is 2.30. The van der Waals surface area contributed by atoms with Crippen molar-refractivity contribution in [3.8, 4) is 11.5 Å². The van der Waals surface area contributed by atoms with Crippen LogP contribution in [0.5, 0.6) is 11.5 Å². The molecule has 0 spiro atoms. The number of hydrogen-bond donors (Lipinski definition) is 0. The Balaban J connectivity index is 0.00000289. The first kappa shape index (κ1) is 17.7. The average molecular weight is 274 g/mol. The zero-order chi connectivity index (χ0) is 12.7. The van der Waals surface area contributed by atoms with E-state index in [9.17, 15) is 9.90 Å². The molecule has 0 aliphatic heterocycles. The van der Waals surface area contributed by atoms with Crippen LogP contribution in [0.3, 0.4) is 0 Å². The normalized spacial score (nSPS) is 9.89. The Morgan fingerprint density at radius 1 is 1.22 bits per heavy atom. The third-order valence-electron chi connectivity index (χ3n) is 1.98. The van der Waals surface area contributed by atoms with E-state index in [0.717, 1.165) is 11.6 Å². The van der Waals surface area contributed by atoms with Crippen molar-refractivity contribution in [3.05, 3.63) is 29.8 Å². The SMILES string of the molecule is CCOc1ccc(/C=C/C(=O)[O-])cc1OCC.[K+]. The molecule has 0 aromatic heterocycles. The van der Waals surface area contributed by atoms with Gasteiger partial charge in [0, 0.05) is 0 Å². The predicted octanol–water partition coefficient (Wildman–Crippen LogP) is -1.75. The van der Waals surface area contributed by atoms with Gasteiger partial charge in [-0.1, -0.05) is 12.1 Å². The molecule has 1 rings (SSSR count). The third-order valence-corrected chi connectivity index (χ3v) is 1.98. The van der Waals surface area contributed by atoms with Crippen LogP contribution in [-0.2, 0) is 4.79 Å². The van der Waals surface area contributed by atoms with Gasteiger partial charge in [0.2, 0.25) is 0 Å². The van der Waals surface area contributed by atoms with E-state index in [1.54, 1.807) is 18.2 Å². The van der Waals surface area contributed by atoms with Crippen molar-refractivity contribution in [1.29, 1.82) is 0 Å². The van der Waals surface area contributed by atoms with E-state index in [4.69, 9.17) is 9.47 Å². The minimum atomic E-state index is -1.23. The number of carboxylic acids is 1. The van der Waals surface area contributed by atoms with Crippen LogP contribution in [0.15, 0.2) is 24.3 Å². The molecular formula is C13H15KO4. The van der Waals surface area contributed by atoms with Gasteiger partial charge >= 0.3 is 51.4 Å². The van der Waals surface area contributed by atoms with E-state index in [1.807, 2.05) is 13.8 Å². The number of rotatable bonds is 6. The Morgan fingerprint density at radius 3 is 2.39 bits per heavy atom. The molecule has 5 heteroatoms. The van der Waals surface area contributed by atoms with Gasteiger partial charge in [0.15, 0.2) is 11.5 Å². The van der Waals surface area contributed by atoms with Crippen molar-refractivity contribution in [2.24, 2.45) is 0 Å². The molecule has 0 saturated carbocycles. The quantitative estimate of drug-likeness (QED) is 0.456. The van der Waals surface area contributed by atoms with E-state index in [0.29, 0.717) is 24.7 Å². The topological polar surface area (TPSA) is 58.6 Å². The Kier molecular flexibility index (Phi) is 9.40. The van der Waals surface area contributed by atoms with Crippen LogP contribution in [0, 0.1) is 0 Å². The van der Waals surface area contributed by atoms with Crippen LogP contribution in [0.4, 0.5) is 0 Å². The summed E-state index contributed by atoms with van der Waals surface area (Å²) in [5.41, 5.74) is 0.723. The number of ether oxygens (including phenoxy) is 2. The molecule has 92 valence electrons. The largest absolute Gasteiger partial charge is 1.00 e. The summed E-state index contributed by atoms with van der Waals surface area (Å²) < 4.78 is 10.8. The summed E-state index contributed by atoms with van der Waals surface area (Å²) in [7, 11) is 0. The second-order valence-electron chi connectivity index (χ2n) is 3.22. The summed E-state index contributed by atoms with van der Waals surface area (Å²) in [6.07, 6.45) is 2.43. The number of carboxylic acid groups (broad SMARTS) is 1. The van der Waals surface area contributed by atoms with Crippen LogP contribution in [0.1, 0.15) is 19.4 Å². The molecule has 0 aliphatic carbocycles. The zero-order valence-electron chi connectivity index (χ0n) is 10.9. The molecule has 1 aromatic rings. The number of carbonyl (C=O) groups excluding carboxylic acids is 1. The number of carbonyl (C=O) groups is 1. The maximum Gasteiger partial charge on any atom is 1.00 e. The van der Waals surface area contributed by atoms with E-state index in [-0.39, 0.29) is 51.4 Å². The molecule has 0 radical (unpaired) electrons. The third kappa shape index (κ3) is 6.02. The monoisotopic (exact) mass is 274 g/mol. The summed E-state index contributed by atoms with van der Waals surface area (Å²) in [6.45, 7) is 4.83. The van der Waals surface area contributed by atoms with Crippen molar-refractivity contribution < 1.29 is 70.8 Å². The van der Waals surface area contributed by atoms with Gasteiger partial charge in [0.1, 0.15) is 0 Å². The molecule has 0 saturated heterocycles. The molecule has 0 atom stereocenters. The van der Waals surface area contributed by atoms with E-state index < -0.39 is 5.97 Å². The maximum absolute atomic E-state index is 10.3. The molecule has 0 unspecified atom stereocenters. The molecule has 0 bridgehead atoms. The standard InChI is InChI=1S/C13H16O4.K/c1-3-16-11-7-5-10(6-8-13(14)15)9-12(11)17-4-2;/h5-9H,3-4H2,1-2H3,(H,14,15);/q;+1/p-1/b8-6+;. The summed E-state index contributed by atoms with van der Waals surface area (Å²) >= 11 is 0. The van der Waals surface area contributed by atoms with Gasteiger partial charge in [-0.25, -0.2) is 0 Å². The maximum atomic E-state index is 10.3. The number of aliphatic carboxylic acids is 1. The molecule has 0 heterocycles. The second kappa shape index (κ2) is 9.58. The molecular weight excluding hydrogens is 259 g/mol. The molecule has 0 N–H and O–H groups in total. The number of benzene rings is 1. The fourth-order valence-corrected chi connectivity index (χ4v) is 1.34. The molecule has 18 heavy (non-hydrogen) atoms. The summed E-state index contributed by atoms with van der Waals surface area (Å²) in [5.74, 6) is 0.0339. The Bertz CT molecular complexity index is 415. The molecule has 0 fully saturated rings. The van der Waals surface area contributed by atoms with Crippen molar-refractivity contribution in [2.75, 3.05) is 13.2 Å². The van der Waals surface area contributed by atoms with Gasteiger partial charge in [-0.15, -0.1) is 0 Å². The van der Waals surface area contributed by atoms with Crippen LogP contribution < -0.4 is 66.0 Å². The predicted molar refractivity (Wildman–Crippen MR) is 62.8 cm³/mol. The van der Waals surface area contributed by atoms with Crippen molar-refractivity contribution in [1.82, 2.24) is 0 Å². The summed E-state index contributed by atoms with van der Waals surface area (Å²) in [4.78, 5) is 10.3. The smallest absolute Gasteiger partial charge is 0.545 e. The van der Waals surface area contributed by atoms with E-state index in [1.165, 1.54) is 6.08 Å². The van der Waals surface area contributed by atoms with Gasteiger partial charge in [-0.05, 0) is 37.6 Å². The van der Waals surface area contributed by atoms with Gasteiger partial charge in [0.05, 0.1) is 19.2 Å². The minimum absolute atomic E-state index is 0. The Morgan fingerprint density at radius 2 is 1.83 bits per heavy atom. The second-order valence-corrected chi connectivity index (χ2v) is 3.22. The Labute approximate surface area is 149 Å². The van der Waals surface area contributed by atoms with Gasteiger partial charge in [0.25, 0.3) is 0 Å². The van der Waals surface area contributed by atoms with E-state index in [2.05, 4.69) is 0 Å². The first-order chi connectivity index (χ1) is 8.17. The van der Waals surface area contributed by atoms with Crippen LogP contribution in [-0.4, -0.2) is 19.2 Å². The zero-order valence-corrected chi connectivity index (χ0v) is 14.1. The van der Waals surface area contributed by atoms with Crippen LogP contribution >= 0.6 is 0 Å². The van der Waals surface area contributed by atoms with E-state index >= 15 is 0 Å². The minimum Gasteiger partial charge on any atom is -0.545 e. The van der Waals surface area contributed by atoms with Crippen LogP contribution in [0.2, 0.25) is 0 Å². The van der Waals surface area contributed by atoms with Crippen molar-refractivity contribution in [2.45, 2.75) is 13.8 Å². The first-order valence-electron chi connectivity index (χ1n) is 5.46. The Hall–Kier alpha value is -0.334. The van der Waals surface area contributed by atoms with Gasteiger partial charge < -0.3 is 19.4 Å². The fraction of sp³-hybridized carbons (Fsp3) is 0.308. The van der Waals surface area contributed by atoms with Crippen molar-refractivity contribution >= 4 is 12.0 Å². The summed E-state index contributed by atoms with van der Waals surface area (Å²) in [5, 5.41) is 10.3. The van der Waals surface area contributed by atoms with Gasteiger partial charge in [-0.2, -0.15) is 0 Å². The molecule has 0 aliphatic rings. The first-order valence-corrected chi connectivity index (χ1v) is 5.46. The molecule has 4 nitrogen and oxygen atoms in total. The van der Waals surface area contributed by atoms with Crippen molar-refractivity contribution in [3.63, 3.8) is 0 Å².